The van der Waals surface area contributed by atoms with Crippen LogP contribution in [0.2, 0.25) is 0 Å². The first-order chi connectivity index (χ1) is 12.2. The number of rotatable bonds is 5. The molecule has 0 aliphatic heterocycles. The molecule has 1 fully saturated rings. The lowest BCUT2D eigenvalue weighted by molar-refractivity contribution is -0.115. The number of hydrogen-bond donors (Lipinski definition) is 1. The van der Waals surface area contributed by atoms with Crippen molar-refractivity contribution in [3.63, 3.8) is 0 Å². The summed E-state index contributed by atoms with van der Waals surface area (Å²) in [5.41, 5.74) is 1.82. The highest BCUT2D eigenvalue weighted by Crippen LogP contribution is 2.32. The Bertz CT molecular complexity index is 666. The summed E-state index contributed by atoms with van der Waals surface area (Å²) in [5, 5.41) is 10.7. The van der Waals surface area contributed by atoms with E-state index >= 15 is 0 Å². The van der Waals surface area contributed by atoms with Crippen LogP contribution in [0.4, 0.5) is 11.4 Å². The van der Waals surface area contributed by atoms with E-state index in [0.29, 0.717) is 0 Å². The van der Waals surface area contributed by atoms with Crippen molar-refractivity contribution in [1.82, 2.24) is 0 Å². The Kier molecular flexibility index (Phi) is 5.67. The second-order valence-electron chi connectivity index (χ2n) is 6.68. The summed E-state index contributed by atoms with van der Waals surface area (Å²) in [6.45, 7) is 3.96. The van der Waals surface area contributed by atoms with E-state index in [9.17, 15) is 9.90 Å². The number of aliphatic hydroxyl groups is 1. The largest absolute Gasteiger partial charge is 0.388 e. The van der Waals surface area contributed by atoms with Crippen LogP contribution in [0, 0.1) is 5.92 Å². The van der Waals surface area contributed by atoms with Gasteiger partial charge in [-0.3, -0.25) is 9.69 Å². The molecule has 3 nitrogen and oxygen atoms in total. The molecule has 2 aromatic carbocycles. The molecule has 1 aliphatic rings. The second kappa shape index (κ2) is 8.13. The molecule has 1 aliphatic carbocycles. The van der Waals surface area contributed by atoms with Gasteiger partial charge in [-0.15, -0.1) is 0 Å². The lowest BCUT2D eigenvalue weighted by atomic mass is 9.82. The molecule has 0 radical (unpaired) electrons. The SMILES string of the molecule is C=C(C(=O)N(c1ccccc1)c1ccccc1)C(O)C1CCCCC1. The first kappa shape index (κ1) is 17.4. The highest BCUT2D eigenvalue weighted by molar-refractivity contribution is 6.10. The van der Waals surface area contributed by atoms with Crippen molar-refractivity contribution in [1.29, 1.82) is 0 Å². The lowest BCUT2D eigenvalue weighted by Gasteiger charge is -2.30. The molecule has 2 aromatic rings. The highest BCUT2D eigenvalue weighted by Gasteiger charge is 2.30. The Morgan fingerprint density at radius 1 is 0.920 bits per heavy atom. The summed E-state index contributed by atoms with van der Waals surface area (Å²) in [6, 6.07) is 19.0. The number of anilines is 2. The molecule has 25 heavy (non-hydrogen) atoms. The molecule has 0 bridgehead atoms. The van der Waals surface area contributed by atoms with Gasteiger partial charge in [0.25, 0.3) is 5.91 Å². The van der Waals surface area contributed by atoms with E-state index in [1.807, 2.05) is 60.7 Å². The van der Waals surface area contributed by atoms with Gasteiger partial charge in [0.2, 0.25) is 0 Å². The van der Waals surface area contributed by atoms with E-state index in [-0.39, 0.29) is 17.4 Å². The molecule has 0 heterocycles. The Morgan fingerprint density at radius 3 is 1.88 bits per heavy atom. The maximum atomic E-state index is 13.2. The zero-order chi connectivity index (χ0) is 17.6. The summed E-state index contributed by atoms with van der Waals surface area (Å²) in [6.07, 6.45) is 4.59. The number of benzene rings is 2. The monoisotopic (exact) mass is 335 g/mol. The first-order valence-electron chi connectivity index (χ1n) is 9.00. The number of para-hydroxylation sites is 2. The van der Waals surface area contributed by atoms with E-state index < -0.39 is 6.10 Å². The van der Waals surface area contributed by atoms with Gasteiger partial charge < -0.3 is 5.11 Å². The lowest BCUT2D eigenvalue weighted by Crippen LogP contribution is -2.35. The van der Waals surface area contributed by atoms with Gasteiger partial charge in [0.1, 0.15) is 0 Å². The fourth-order valence-electron chi connectivity index (χ4n) is 3.54. The number of amides is 1. The van der Waals surface area contributed by atoms with E-state index in [1.165, 1.54) is 6.42 Å². The smallest absolute Gasteiger partial charge is 0.260 e. The van der Waals surface area contributed by atoms with Crippen molar-refractivity contribution in [2.45, 2.75) is 38.2 Å². The topological polar surface area (TPSA) is 40.5 Å². The van der Waals surface area contributed by atoms with Crippen molar-refractivity contribution in [2.75, 3.05) is 4.90 Å². The van der Waals surface area contributed by atoms with Crippen molar-refractivity contribution < 1.29 is 9.90 Å². The second-order valence-corrected chi connectivity index (χ2v) is 6.68. The quantitative estimate of drug-likeness (QED) is 0.794. The Hall–Kier alpha value is -2.39. The van der Waals surface area contributed by atoms with Crippen LogP contribution >= 0.6 is 0 Å². The van der Waals surface area contributed by atoms with Gasteiger partial charge in [-0.2, -0.15) is 0 Å². The number of carbonyl (C=O) groups excluding carboxylic acids is 1. The summed E-state index contributed by atoms with van der Waals surface area (Å²) >= 11 is 0. The van der Waals surface area contributed by atoms with Crippen molar-refractivity contribution in [3.05, 3.63) is 72.8 Å². The van der Waals surface area contributed by atoms with E-state index in [2.05, 4.69) is 6.58 Å². The molecular formula is C22H25NO2. The number of nitrogens with zero attached hydrogens (tertiary/aromatic N) is 1. The fourth-order valence-corrected chi connectivity index (χ4v) is 3.54. The minimum absolute atomic E-state index is 0.138. The number of aliphatic hydroxyl groups excluding tert-OH is 1. The predicted molar refractivity (Wildman–Crippen MR) is 102 cm³/mol. The Morgan fingerprint density at radius 2 is 1.40 bits per heavy atom. The summed E-state index contributed by atoms with van der Waals surface area (Å²) in [7, 11) is 0. The molecule has 1 saturated carbocycles. The van der Waals surface area contributed by atoms with Gasteiger partial charge in [-0.25, -0.2) is 0 Å². The third-order valence-electron chi connectivity index (χ3n) is 4.96. The molecule has 0 saturated heterocycles. The van der Waals surface area contributed by atoms with E-state index in [1.54, 1.807) is 4.90 Å². The molecule has 1 N–H and O–H groups in total. The van der Waals surface area contributed by atoms with Gasteiger partial charge in [0.05, 0.1) is 6.10 Å². The van der Waals surface area contributed by atoms with Crippen LogP contribution in [-0.2, 0) is 4.79 Å². The molecule has 1 amide bonds. The van der Waals surface area contributed by atoms with Crippen LogP contribution in [0.3, 0.4) is 0 Å². The third-order valence-corrected chi connectivity index (χ3v) is 4.96. The molecule has 0 spiro atoms. The van der Waals surface area contributed by atoms with Crippen LogP contribution in [0.1, 0.15) is 32.1 Å². The van der Waals surface area contributed by atoms with Crippen LogP contribution in [0.15, 0.2) is 72.8 Å². The predicted octanol–water partition coefficient (Wildman–Crippen LogP) is 4.85. The molecule has 1 unspecified atom stereocenters. The maximum Gasteiger partial charge on any atom is 0.260 e. The molecule has 3 heteroatoms. The molecule has 1 atom stereocenters. The van der Waals surface area contributed by atoms with E-state index in [0.717, 1.165) is 37.1 Å². The molecule has 3 rings (SSSR count). The van der Waals surface area contributed by atoms with Gasteiger partial charge >= 0.3 is 0 Å². The van der Waals surface area contributed by atoms with Crippen LogP contribution < -0.4 is 4.90 Å². The number of hydrogen-bond acceptors (Lipinski definition) is 2. The Balaban J connectivity index is 1.87. The minimum Gasteiger partial charge on any atom is -0.388 e. The fraction of sp³-hybridized carbons (Fsp3) is 0.318. The Labute approximate surface area is 149 Å². The summed E-state index contributed by atoms with van der Waals surface area (Å²) in [5.74, 6) is -0.103. The standard InChI is InChI=1S/C22H25NO2/c1-17(21(24)18-11-5-2-6-12-18)22(25)23(19-13-7-3-8-14-19)20-15-9-4-10-16-20/h3-4,7-10,13-16,18,21,24H,1-2,5-6,11-12H2. The maximum absolute atomic E-state index is 13.2. The van der Waals surface area contributed by atoms with Gasteiger partial charge in [-0.05, 0) is 43.0 Å². The van der Waals surface area contributed by atoms with Gasteiger partial charge in [-0.1, -0.05) is 62.2 Å². The van der Waals surface area contributed by atoms with Crippen molar-refractivity contribution in [2.24, 2.45) is 5.92 Å². The number of carbonyl (C=O) groups is 1. The molecule has 0 aromatic heterocycles. The average Bonchev–Trinajstić information content (AvgIpc) is 2.69. The van der Waals surface area contributed by atoms with Crippen molar-refractivity contribution >= 4 is 17.3 Å². The van der Waals surface area contributed by atoms with Crippen LogP contribution in [0.5, 0.6) is 0 Å². The zero-order valence-electron chi connectivity index (χ0n) is 14.5. The van der Waals surface area contributed by atoms with Gasteiger partial charge in [0, 0.05) is 16.9 Å². The first-order valence-corrected chi connectivity index (χ1v) is 9.00. The zero-order valence-corrected chi connectivity index (χ0v) is 14.5. The summed E-state index contributed by atoms with van der Waals surface area (Å²) in [4.78, 5) is 14.8. The highest BCUT2D eigenvalue weighted by atomic mass is 16.3. The molecule has 130 valence electrons. The van der Waals surface area contributed by atoms with E-state index in [4.69, 9.17) is 0 Å². The average molecular weight is 335 g/mol. The minimum atomic E-state index is -0.775. The van der Waals surface area contributed by atoms with Gasteiger partial charge in [0.15, 0.2) is 0 Å². The van der Waals surface area contributed by atoms with Crippen molar-refractivity contribution in [3.8, 4) is 0 Å². The normalized spacial score (nSPS) is 16.2. The van der Waals surface area contributed by atoms with Crippen LogP contribution in [0.25, 0.3) is 0 Å². The molecular weight excluding hydrogens is 310 g/mol. The third kappa shape index (κ3) is 3.99. The summed E-state index contributed by atoms with van der Waals surface area (Å²) < 4.78 is 0. The van der Waals surface area contributed by atoms with Crippen LogP contribution in [-0.4, -0.2) is 17.1 Å².